The molecule has 2 amide bonds. The van der Waals surface area contributed by atoms with Gasteiger partial charge in [0.2, 0.25) is 5.91 Å². The standard InChI is InChI=1S/C25H31N3O6/c1-4-27(5-2)13-12-26-24(30)15-28-21-14-18(6-11-23(21)34-17-25(28)31)22(29)16-33-20-9-7-19(32-3)8-10-20/h6-11,14H,4-5,12-13,15-17H2,1-3H3,(H,26,30). The van der Waals surface area contributed by atoms with Gasteiger partial charge in [-0.05, 0) is 55.6 Å². The van der Waals surface area contributed by atoms with Gasteiger partial charge in [0.15, 0.2) is 19.0 Å². The Hall–Kier alpha value is -3.59. The van der Waals surface area contributed by atoms with E-state index in [2.05, 4.69) is 24.1 Å². The van der Waals surface area contributed by atoms with Crippen LogP contribution in [0.3, 0.4) is 0 Å². The Morgan fingerprint density at radius 3 is 2.47 bits per heavy atom. The highest BCUT2D eigenvalue weighted by molar-refractivity contribution is 6.04. The molecular formula is C25H31N3O6. The van der Waals surface area contributed by atoms with E-state index < -0.39 is 0 Å². The quantitative estimate of drug-likeness (QED) is 0.476. The van der Waals surface area contributed by atoms with Crippen LogP contribution in [0.2, 0.25) is 0 Å². The third-order valence-corrected chi connectivity index (χ3v) is 5.60. The van der Waals surface area contributed by atoms with Crippen molar-refractivity contribution in [3.63, 3.8) is 0 Å². The van der Waals surface area contributed by atoms with Crippen molar-refractivity contribution in [2.24, 2.45) is 0 Å². The smallest absolute Gasteiger partial charge is 0.265 e. The molecule has 182 valence electrons. The van der Waals surface area contributed by atoms with E-state index in [0.717, 1.165) is 19.6 Å². The van der Waals surface area contributed by atoms with Gasteiger partial charge in [0.1, 0.15) is 23.8 Å². The van der Waals surface area contributed by atoms with Gasteiger partial charge in [-0.3, -0.25) is 19.3 Å². The number of fused-ring (bicyclic) bond motifs is 1. The number of anilines is 1. The lowest BCUT2D eigenvalue weighted by atomic mass is 10.1. The first kappa shape index (κ1) is 25.0. The first-order chi connectivity index (χ1) is 16.4. The van der Waals surface area contributed by atoms with Gasteiger partial charge in [0.05, 0.1) is 12.8 Å². The zero-order valence-corrected chi connectivity index (χ0v) is 19.8. The molecule has 1 aliphatic heterocycles. The molecule has 9 nitrogen and oxygen atoms in total. The molecule has 0 saturated carbocycles. The second-order valence-electron chi connectivity index (χ2n) is 7.72. The molecule has 1 heterocycles. The van der Waals surface area contributed by atoms with E-state index in [0.29, 0.717) is 35.0 Å². The minimum atomic E-state index is -0.342. The SMILES string of the molecule is CCN(CC)CCNC(=O)CN1C(=O)COc2ccc(C(=O)COc3ccc(OC)cc3)cc21. The largest absolute Gasteiger partial charge is 0.497 e. The number of amides is 2. The second-order valence-corrected chi connectivity index (χ2v) is 7.72. The number of benzene rings is 2. The van der Waals surface area contributed by atoms with E-state index in [1.165, 1.54) is 4.90 Å². The number of nitrogens with one attached hydrogen (secondary N) is 1. The van der Waals surface area contributed by atoms with Crippen molar-refractivity contribution in [2.75, 3.05) is 57.9 Å². The Balaban J connectivity index is 1.64. The summed E-state index contributed by atoms with van der Waals surface area (Å²) in [6, 6.07) is 11.7. The molecule has 3 rings (SSSR count). The number of carbonyl (C=O) groups excluding carboxylic acids is 3. The van der Waals surface area contributed by atoms with E-state index in [-0.39, 0.29) is 37.4 Å². The molecule has 0 aromatic heterocycles. The normalized spacial score (nSPS) is 12.7. The van der Waals surface area contributed by atoms with E-state index >= 15 is 0 Å². The van der Waals surface area contributed by atoms with Gasteiger partial charge >= 0.3 is 0 Å². The van der Waals surface area contributed by atoms with Crippen LogP contribution in [0.1, 0.15) is 24.2 Å². The van der Waals surface area contributed by atoms with E-state index in [1.54, 1.807) is 49.6 Å². The molecule has 0 atom stereocenters. The van der Waals surface area contributed by atoms with Crippen molar-refractivity contribution in [3.8, 4) is 17.2 Å². The fourth-order valence-corrected chi connectivity index (χ4v) is 3.55. The third-order valence-electron chi connectivity index (χ3n) is 5.60. The third kappa shape index (κ3) is 6.48. The van der Waals surface area contributed by atoms with Crippen LogP contribution >= 0.6 is 0 Å². The number of nitrogens with zero attached hydrogens (tertiary/aromatic N) is 2. The summed E-state index contributed by atoms with van der Waals surface area (Å²) in [6.07, 6.45) is 0. The minimum absolute atomic E-state index is 0.145. The first-order valence-electron chi connectivity index (χ1n) is 11.3. The van der Waals surface area contributed by atoms with Gasteiger partial charge in [-0.15, -0.1) is 0 Å². The topological polar surface area (TPSA) is 97.4 Å². The van der Waals surface area contributed by atoms with Crippen LogP contribution < -0.4 is 24.4 Å². The van der Waals surface area contributed by atoms with Crippen LogP contribution in [-0.4, -0.2) is 75.5 Å². The van der Waals surface area contributed by atoms with E-state index in [1.807, 2.05) is 0 Å². The molecule has 0 spiro atoms. The highest BCUT2D eigenvalue weighted by Crippen LogP contribution is 2.33. The Labute approximate surface area is 199 Å². The fraction of sp³-hybridized carbons (Fsp3) is 0.400. The van der Waals surface area contributed by atoms with Gasteiger partial charge < -0.3 is 24.4 Å². The fourth-order valence-electron chi connectivity index (χ4n) is 3.55. The molecule has 1 N–H and O–H groups in total. The second kappa shape index (κ2) is 12.0. The number of Topliss-reactive ketones (excluding diaryl/α,β-unsaturated/α-hetero) is 1. The van der Waals surface area contributed by atoms with Crippen LogP contribution in [0.5, 0.6) is 17.2 Å². The summed E-state index contributed by atoms with van der Waals surface area (Å²) in [4.78, 5) is 41.3. The zero-order chi connectivity index (χ0) is 24.5. The lowest BCUT2D eigenvalue weighted by Gasteiger charge is -2.29. The number of likely N-dealkylation sites (N-methyl/N-ethyl adjacent to an activating group) is 1. The van der Waals surface area contributed by atoms with Crippen molar-refractivity contribution in [2.45, 2.75) is 13.8 Å². The Morgan fingerprint density at radius 2 is 1.79 bits per heavy atom. The molecule has 0 radical (unpaired) electrons. The average molecular weight is 470 g/mol. The van der Waals surface area contributed by atoms with Crippen molar-refractivity contribution in [3.05, 3.63) is 48.0 Å². The number of carbonyl (C=O) groups is 3. The van der Waals surface area contributed by atoms with Gasteiger partial charge in [0, 0.05) is 18.7 Å². The Morgan fingerprint density at radius 1 is 1.09 bits per heavy atom. The highest BCUT2D eigenvalue weighted by atomic mass is 16.5. The van der Waals surface area contributed by atoms with Crippen molar-refractivity contribution in [1.29, 1.82) is 0 Å². The van der Waals surface area contributed by atoms with Crippen molar-refractivity contribution in [1.82, 2.24) is 10.2 Å². The number of ether oxygens (including phenoxy) is 3. The number of hydrogen-bond donors (Lipinski definition) is 1. The van der Waals surface area contributed by atoms with Crippen LogP contribution in [0, 0.1) is 0 Å². The van der Waals surface area contributed by atoms with Crippen molar-refractivity contribution < 1.29 is 28.6 Å². The molecule has 0 bridgehead atoms. The molecule has 0 unspecified atom stereocenters. The van der Waals surface area contributed by atoms with Gasteiger partial charge in [-0.2, -0.15) is 0 Å². The van der Waals surface area contributed by atoms with Crippen LogP contribution in [0.15, 0.2) is 42.5 Å². The summed E-state index contributed by atoms with van der Waals surface area (Å²) in [5.74, 6) is 0.797. The predicted octanol–water partition coefficient (Wildman–Crippen LogP) is 2.14. The summed E-state index contributed by atoms with van der Waals surface area (Å²) in [5.41, 5.74) is 0.753. The molecular weight excluding hydrogens is 438 g/mol. The Kier molecular flexibility index (Phi) is 8.86. The van der Waals surface area contributed by atoms with Gasteiger partial charge in [0.25, 0.3) is 5.91 Å². The summed E-state index contributed by atoms with van der Waals surface area (Å²) in [7, 11) is 1.57. The first-order valence-corrected chi connectivity index (χ1v) is 11.3. The summed E-state index contributed by atoms with van der Waals surface area (Å²) < 4.78 is 16.2. The number of methoxy groups -OCH3 is 1. The summed E-state index contributed by atoms with van der Waals surface area (Å²) in [5, 5.41) is 2.85. The number of rotatable bonds is 12. The maximum absolute atomic E-state index is 12.7. The molecule has 2 aromatic rings. The summed E-state index contributed by atoms with van der Waals surface area (Å²) >= 11 is 0. The molecule has 1 aliphatic rings. The number of hydrogen-bond acceptors (Lipinski definition) is 7. The lowest BCUT2D eigenvalue weighted by molar-refractivity contribution is -0.125. The van der Waals surface area contributed by atoms with Gasteiger partial charge in [-0.1, -0.05) is 13.8 Å². The molecule has 9 heteroatoms. The van der Waals surface area contributed by atoms with Crippen molar-refractivity contribution >= 4 is 23.3 Å². The Bertz CT molecular complexity index is 1000. The minimum Gasteiger partial charge on any atom is -0.497 e. The molecule has 2 aromatic carbocycles. The van der Waals surface area contributed by atoms with E-state index in [4.69, 9.17) is 14.2 Å². The van der Waals surface area contributed by atoms with E-state index in [9.17, 15) is 14.4 Å². The molecule has 34 heavy (non-hydrogen) atoms. The monoisotopic (exact) mass is 469 g/mol. The summed E-state index contributed by atoms with van der Waals surface area (Å²) in [6.45, 7) is 6.69. The maximum atomic E-state index is 12.7. The predicted molar refractivity (Wildman–Crippen MR) is 128 cm³/mol. The van der Waals surface area contributed by atoms with Crippen LogP contribution in [0.4, 0.5) is 5.69 Å². The highest BCUT2D eigenvalue weighted by Gasteiger charge is 2.28. The zero-order valence-electron chi connectivity index (χ0n) is 19.8. The molecule has 0 fully saturated rings. The molecule has 0 aliphatic carbocycles. The average Bonchev–Trinajstić information content (AvgIpc) is 2.87. The van der Waals surface area contributed by atoms with Crippen LogP contribution in [0.25, 0.3) is 0 Å². The van der Waals surface area contributed by atoms with Crippen LogP contribution in [-0.2, 0) is 9.59 Å². The molecule has 0 saturated heterocycles. The lowest BCUT2D eigenvalue weighted by Crippen LogP contribution is -2.46. The maximum Gasteiger partial charge on any atom is 0.265 e. The number of ketones is 1. The van der Waals surface area contributed by atoms with Gasteiger partial charge in [-0.25, -0.2) is 0 Å².